The van der Waals surface area contributed by atoms with Crippen LogP contribution < -0.4 is 5.73 Å². The lowest BCUT2D eigenvalue weighted by Gasteiger charge is -2.07. The normalized spacial score (nSPS) is 12.1. The molecule has 1 aromatic heterocycles. The second-order valence-electron chi connectivity index (χ2n) is 2.58. The average Bonchev–Trinajstić information content (AvgIpc) is 2.21. The Bertz CT molecular complexity index is 349. The van der Waals surface area contributed by atoms with Crippen molar-refractivity contribution < 1.29 is 13.9 Å². The minimum atomic E-state index is -1.79. The van der Waals surface area contributed by atoms with Gasteiger partial charge in [-0.3, -0.25) is 0 Å². The Balaban J connectivity index is 2.62. The predicted molar refractivity (Wildman–Crippen MR) is 56.0 cm³/mol. The van der Waals surface area contributed by atoms with Crippen molar-refractivity contribution in [3.63, 3.8) is 0 Å². The number of thioether (sulfide) groups is 1. The van der Waals surface area contributed by atoms with Gasteiger partial charge in [0, 0.05) is 6.20 Å². The Hall–Kier alpha value is -1.30. The van der Waals surface area contributed by atoms with E-state index in [0.717, 1.165) is 0 Å². The van der Waals surface area contributed by atoms with Crippen LogP contribution in [0.1, 0.15) is 6.92 Å². The Morgan fingerprint density at radius 2 is 2.53 bits per heavy atom. The number of anilines is 1. The molecule has 0 spiro atoms. The number of pyridine rings is 1. The quantitative estimate of drug-likeness (QED) is 0.629. The van der Waals surface area contributed by atoms with Gasteiger partial charge in [-0.25, -0.2) is 14.2 Å². The zero-order valence-electron chi connectivity index (χ0n) is 8.14. The number of esters is 1. The molecule has 82 valence electrons. The fourth-order valence-electron chi connectivity index (χ4n) is 0.856. The van der Waals surface area contributed by atoms with Gasteiger partial charge in [-0.2, -0.15) is 0 Å². The van der Waals surface area contributed by atoms with E-state index in [4.69, 9.17) is 5.73 Å². The maximum atomic E-state index is 13.2. The molecule has 6 heteroatoms. The number of rotatable bonds is 4. The van der Waals surface area contributed by atoms with Gasteiger partial charge in [0.1, 0.15) is 5.03 Å². The standard InChI is InChI=1S/C9H11FN2O2S/c1-2-14-9(13)7(10)15-8-6(11)4-3-5-12-8/h3-5,7H,2,11H2,1H3. The van der Waals surface area contributed by atoms with Crippen molar-refractivity contribution in [1.82, 2.24) is 4.98 Å². The molecule has 0 bridgehead atoms. The fraction of sp³-hybridized carbons (Fsp3) is 0.333. The van der Waals surface area contributed by atoms with Crippen molar-refractivity contribution in [3.8, 4) is 0 Å². The van der Waals surface area contributed by atoms with E-state index in [1.807, 2.05) is 0 Å². The van der Waals surface area contributed by atoms with E-state index in [1.54, 1.807) is 19.1 Å². The summed E-state index contributed by atoms with van der Waals surface area (Å²) < 4.78 is 17.8. The smallest absolute Gasteiger partial charge is 0.351 e. The van der Waals surface area contributed by atoms with E-state index in [-0.39, 0.29) is 11.6 Å². The summed E-state index contributed by atoms with van der Waals surface area (Å²) in [5, 5.41) is 0.290. The number of alkyl halides is 1. The maximum absolute atomic E-state index is 13.2. The summed E-state index contributed by atoms with van der Waals surface area (Å²) in [5.41, 5.74) is 4.09. The Morgan fingerprint density at radius 3 is 3.13 bits per heavy atom. The molecule has 0 fully saturated rings. The van der Waals surface area contributed by atoms with Gasteiger partial charge in [-0.05, 0) is 19.1 Å². The average molecular weight is 230 g/mol. The summed E-state index contributed by atoms with van der Waals surface area (Å²) in [6, 6.07) is 3.23. The maximum Gasteiger partial charge on any atom is 0.351 e. The van der Waals surface area contributed by atoms with E-state index in [0.29, 0.717) is 17.4 Å². The highest BCUT2D eigenvalue weighted by Crippen LogP contribution is 2.27. The molecule has 0 saturated heterocycles. The van der Waals surface area contributed by atoms with Crippen LogP contribution in [0.15, 0.2) is 23.4 Å². The highest BCUT2D eigenvalue weighted by Gasteiger charge is 2.21. The SMILES string of the molecule is CCOC(=O)C(F)Sc1ncccc1N. The molecule has 4 nitrogen and oxygen atoms in total. The number of aromatic nitrogens is 1. The molecule has 0 aliphatic heterocycles. The molecule has 0 radical (unpaired) electrons. The number of nitrogens with zero attached hydrogens (tertiary/aromatic N) is 1. The summed E-state index contributed by atoms with van der Waals surface area (Å²) in [6.07, 6.45) is 1.48. The third kappa shape index (κ3) is 3.39. The molecule has 1 atom stereocenters. The van der Waals surface area contributed by atoms with E-state index < -0.39 is 11.5 Å². The molecule has 1 heterocycles. The summed E-state index contributed by atoms with van der Waals surface area (Å²) in [6.45, 7) is 1.77. The van der Waals surface area contributed by atoms with Crippen LogP contribution in [0.5, 0.6) is 0 Å². The molecular weight excluding hydrogens is 219 g/mol. The van der Waals surface area contributed by atoms with Gasteiger partial charge in [0.2, 0.25) is 5.50 Å². The number of halogens is 1. The lowest BCUT2D eigenvalue weighted by atomic mass is 10.4. The molecule has 0 aromatic carbocycles. The molecule has 0 saturated carbocycles. The lowest BCUT2D eigenvalue weighted by Crippen LogP contribution is -2.15. The molecule has 0 aliphatic rings. The van der Waals surface area contributed by atoms with E-state index in [2.05, 4.69) is 9.72 Å². The van der Waals surface area contributed by atoms with Gasteiger partial charge in [-0.15, -0.1) is 0 Å². The topological polar surface area (TPSA) is 65.2 Å². The number of nitrogen functional groups attached to an aromatic ring is 1. The fourth-order valence-corrected chi connectivity index (χ4v) is 1.54. The number of nitrogens with two attached hydrogens (primary N) is 1. The van der Waals surface area contributed by atoms with Crippen LogP contribution in [0.25, 0.3) is 0 Å². The molecule has 2 N–H and O–H groups in total. The summed E-state index contributed by atoms with van der Waals surface area (Å²) in [7, 11) is 0. The number of hydrogen-bond donors (Lipinski definition) is 1. The van der Waals surface area contributed by atoms with E-state index >= 15 is 0 Å². The van der Waals surface area contributed by atoms with Crippen LogP contribution in [0.3, 0.4) is 0 Å². The van der Waals surface area contributed by atoms with Crippen molar-refractivity contribution in [2.24, 2.45) is 0 Å². The molecule has 0 amide bonds. The monoisotopic (exact) mass is 230 g/mol. The number of carbonyl (C=O) groups excluding carboxylic acids is 1. The Morgan fingerprint density at radius 1 is 1.80 bits per heavy atom. The predicted octanol–water partition coefficient (Wildman–Crippen LogP) is 1.61. The van der Waals surface area contributed by atoms with Crippen LogP contribution >= 0.6 is 11.8 Å². The van der Waals surface area contributed by atoms with Crippen molar-refractivity contribution in [1.29, 1.82) is 0 Å². The summed E-state index contributed by atoms with van der Waals surface area (Å²) in [4.78, 5) is 14.8. The zero-order chi connectivity index (χ0) is 11.3. The number of carbonyl (C=O) groups is 1. The number of hydrogen-bond acceptors (Lipinski definition) is 5. The lowest BCUT2D eigenvalue weighted by molar-refractivity contribution is -0.145. The second-order valence-corrected chi connectivity index (χ2v) is 3.62. The molecule has 1 aromatic rings. The molecular formula is C9H11FN2O2S. The first-order valence-electron chi connectivity index (χ1n) is 4.33. The Labute approximate surface area is 91.0 Å². The van der Waals surface area contributed by atoms with Crippen molar-refractivity contribution in [2.75, 3.05) is 12.3 Å². The van der Waals surface area contributed by atoms with Gasteiger partial charge in [0.15, 0.2) is 0 Å². The van der Waals surface area contributed by atoms with Gasteiger partial charge in [-0.1, -0.05) is 11.8 Å². The van der Waals surface area contributed by atoms with Gasteiger partial charge in [0.25, 0.3) is 0 Å². The zero-order valence-corrected chi connectivity index (χ0v) is 8.96. The molecule has 1 unspecified atom stereocenters. The van der Waals surface area contributed by atoms with Crippen LogP contribution in [0, 0.1) is 0 Å². The summed E-state index contributed by atoms with van der Waals surface area (Å²) >= 11 is 0.641. The van der Waals surface area contributed by atoms with Crippen LogP contribution in [-0.2, 0) is 9.53 Å². The van der Waals surface area contributed by atoms with Crippen LogP contribution in [0.2, 0.25) is 0 Å². The van der Waals surface area contributed by atoms with E-state index in [9.17, 15) is 9.18 Å². The third-order valence-electron chi connectivity index (χ3n) is 1.49. The minimum Gasteiger partial charge on any atom is -0.463 e. The third-order valence-corrected chi connectivity index (χ3v) is 2.45. The van der Waals surface area contributed by atoms with Gasteiger partial charge < -0.3 is 10.5 Å². The van der Waals surface area contributed by atoms with Crippen LogP contribution in [0.4, 0.5) is 10.1 Å². The van der Waals surface area contributed by atoms with E-state index in [1.165, 1.54) is 6.20 Å². The largest absolute Gasteiger partial charge is 0.463 e. The van der Waals surface area contributed by atoms with Crippen molar-refractivity contribution in [3.05, 3.63) is 18.3 Å². The minimum absolute atomic E-state index is 0.150. The first kappa shape index (κ1) is 11.8. The first-order valence-corrected chi connectivity index (χ1v) is 5.21. The Kier molecular flexibility index (Phi) is 4.36. The van der Waals surface area contributed by atoms with Gasteiger partial charge in [0.05, 0.1) is 12.3 Å². The second kappa shape index (κ2) is 5.55. The van der Waals surface area contributed by atoms with Crippen molar-refractivity contribution in [2.45, 2.75) is 17.5 Å². The molecule has 1 rings (SSSR count). The molecule has 0 aliphatic carbocycles. The first-order chi connectivity index (χ1) is 7.15. The number of ether oxygens (including phenoxy) is 1. The van der Waals surface area contributed by atoms with Crippen molar-refractivity contribution >= 4 is 23.4 Å². The molecule has 15 heavy (non-hydrogen) atoms. The van der Waals surface area contributed by atoms with Gasteiger partial charge >= 0.3 is 5.97 Å². The van der Waals surface area contributed by atoms with Crippen LogP contribution in [-0.4, -0.2) is 23.1 Å². The highest BCUT2D eigenvalue weighted by atomic mass is 32.2. The summed E-state index contributed by atoms with van der Waals surface area (Å²) in [5.74, 6) is -0.910. The highest BCUT2D eigenvalue weighted by molar-refractivity contribution is 8.00.